The number of carbonyl (C=O) groups excluding carboxylic acids is 2. The highest BCUT2D eigenvalue weighted by Crippen LogP contribution is 2.53. The number of benzene rings is 2. The Hall–Kier alpha value is -2.12. The van der Waals surface area contributed by atoms with Gasteiger partial charge in [0.15, 0.2) is 0 Å². The van der Waals surface area contributed by atoms with E-state index in [4.69, 9.17) is 27.9 Å². The zero-order chi connectivity index (χ0) is 27.1. The Bertz CT molecular complexity index is 1230. The van der Waals surface area contributed by atoms with Crippen molar-refractivity contribution in [2.45, 2.75) is 68.9 Å². The molecule has 6 nitrogen and oxygen atoms in total. The third-order valence-corrected chi connectivity index (χ3v) is 9.61. The molecule has 1 saturated heterocycles. The van der Waals surface area contributed by atoms with E-state index in [1.807, 2.05) is 24.3 Å². The first-order valence-corrected chi connectivity index (χ1v) is 14.3. The molecule has 0 radical (unpaired) electrons. The van der Waals surface area contributed by atoms with Gasteiger partial charge in [-0.3, -0.25) is 9.59 Å². The Morgan fingerprint density at radius 3 is 2.61 bits per heavy atom. The minimum absolute atomic E-state index is 0.0761. The van der Waals surface area contributed by atoms with Crippen LogP contribution >= 0.6 is 23.2 Å². The number of aliphatic hydroxyl groups is 1. The topological polar surface area (TPSA) is 75.6 Å². The predicted molar refractivity (Wildman–Crippen MR) is 148 cm³/mol. The number of carbonyl (C=O) groups is 2. The van der Waals surface area contributed by atoms with Gasteiger partial charge in [0.05, 0.1) is 36.6 Å². The average molecular weight is 561 g/mol. The number of hydrogen-bond donors (Lipinski definition) is 2. The van der Waals surface area contributed by atoms with Gasteiger partial charge in [-0.15, -0.1) is 0 Å². The second-order valence-corrected chi connectivity index (χ2v) is 12.9. The van der Waals surface area contributed by atoms with Crippen molar-refractivity contribution in [2.24, 2.45) is 5.92 Å². The van der Waals surface area contributed by atoms with Crippen molar-refractivity contribution in [3.05, 3.63) is 63.6 Å². The minimum atomic E-state index is -0.922. The number of likely N-dealkylation sites (tertiary alicyclic amines) is 1. The van der Waals surface area contributed by atoms with Gasteiger partial charge < -0.3 is 19.6 Å². The summed E-state index contributed by atoms with van der Waals surface area (Å²) in [5.41, 5.74) is 0.303. The number of esters is 1. The van der Waals surface area contributed by atoms with Gasteiger partial charge in [0.2, 0.25) is 5.91 Å². The second-order valence-electron chi connectivity index (χ2n) is 12.0. The molecule has 3 aliphatic rings. The third-order valence-electron chi connectivity index (χ3n) is 8.87. The molecule has 8 heteroatoms. The fourth-order valence-electron chi connectivity index (χ4n) is 6.97. The zero-order valence-corrected chi connectivity index (χ0v) is 23.7. The minimum Gasteiger partial charge on any atom is -0.427 e. The number of hydrogen-bond acceptors (Lipinski definition) is 4. The van der Waals surface area contributed by atoms with Crippen LogP contribution < -0.4 is 10.1 Å². The highest BCUT2D eigenvalue weighted by atomic mass is 35.5. The van der Waals surface area contributed by atoms with Crippen molar-refractivity contribution in [3.63, 3.8) is 0 Å². The van der Waals surface area contributed by atoms with Crippen LogP contribution in [0, 0.1) is 5.92 Å². The Labute approximate surface area is 234 Å². The molecule has 204 valence electrons. The van der Waals surface area contributed by atoms with Crippen molar-refractivity contribution in [1.29, 1.82) is 0 Å². The number of fused-ring (bicyclic) bond motifs is 1. The lowest BCUT2D eigenvalue weighted by Gasteiger charge is -2.59. The number of likely N-dealkylation sites (N-methyl/N-ethyl adjacent to an activating group) is 1. The van der Waals surface area contributed by atoms with Crippen molar-refractivity contribution in [2.75, 3.05) is 26.7 Å². The maximum absolute atomic E-state index is 13.1. The second kappa shape index (κ2) is 10.5. The van der Waals surface area contributed by atoms with Gasteiger partial charge in [0.1, 0.15) is 17.9 Å². The molecule has 1 unspecified atom stereocenters. The number of halogens is 2. The Kier molecular flexibility index (Phi) is 7.55. The van der Waals surface area contributed by atoms with Gasteiger partial charge >= 0.3 is 5.97 Å². The fraction of sp³-hybridized carbons (Fsp3) is 0.533. The van der Waals surface area contributed by atoms with Gasteiger partial charge in [-0.05, 0) is 67.5 Å². The number of amides is 1. The summed E-state index contributed by atoms with van der Waals surface area (Å²) in [7, 11) is 2.28. The van der Waals surface area contributed by atoms with Gasteiger partial charge in [0, 0.05) is 30.7 Å². The molecule has 2 saturated carbocycles. The summed E-state index contributed by atoms with van der Waals surface area (Å²) in [5.74, 6) is 0.801. The van der Waals surface area contributed by atoms with Crippen LogP contribution in [0.25, 0.3) is 0 Å². The number of rotatable bonds is 7. The molecular weight excluding hydrogens is 523 g/mol. The van der Waals surface area contributed by atoms with Gasteiger partial charge in [-0.2, -0.15) is 0 Å². The maximum atomic E-state index is 13.1. The molecule has 0 spiro atoms. The summed E-state index contributed by atoms with van der Waals surface area (Å²) >= 11 is 12.2. The number of nitrogens with one attached hydrogen (secondary N) is 1. The average Bonchev–Trinajstić information content (AvgIpc) is 3.65. The van der Waals surface area contributed by atoms with Gasteiger partial charge in [0.25, 0.3) is 0 Å². The van der Waals surface area contributed by atoms with E-state index >= 15 is 0 Å². The predicted octanol–water partition coefficient (Wildman–Crippen LogP) is 5.06. The number of nitrogens with zero attached hydrogens (tertiary/aromatic N) is 1. The zero-order valence-electron chi connectivity index (χ0n) is 22.1. The van der Waals surface area contributed by atoms with Crippen LogP contribution in [0.2, 0.25) is 10.0 Å². The molecule has 38 heavy (non-hydrogen) atoms. The smallest absolute Gasteiger partial charge is 0.308 e. The van der Waals surface area contributed by atoms with Crippen molar-refractivity contribution < 1.29 is 23.9 Å². The normalized spacial score (nSPS) is 30.8. The lowest BCUT2D eigenvalue weighted by molar-refractivity contribution is -0.925. The molecule has 5 rings (SSSR count). The van der Waals surface area contributed by atoms with Crippen LogP contribution in [0.4, 0.5) is 0 Å². The van der Waals surface area contributed by atoms with E-state index in [-0.39, 0.29) is 24.3 Å². The Balaban J connectivity index is 1.40. The van der Waals surface area contributed by atoms with Crippen LogP contribution in [0.5, 0.6) is 5.75 Å². The van der Waals surface area contributed by atoms with E-state index in [0.29, 0.717) is 41.6 Å². The van der Waals surface area contributed by atoms with Crippen LogP contribution in [0.3, 0.4) is 0 Å². The molecule has 4 atom stereocenters. The van der Waals surface area contributed by atoms with Crippen molar-refractivity contribution in [1.82, 2.24) is 5.32 Å². The molecule has 1 heterocycles. The first-order valence-electron chi connectivity index (χ1n) is 13.6. The summed E-state index contributed by atoms with van der Waals surface area (Å²) in [6, 6.07) is 12.8. The number of ether oxygens (including phenoxy) is 1. The summed E-state index contributed by atoms with van der Waals surface area (Å²) in [4.78, 5) is 24.7. The molecule has 1 aliphatic heterocycles. The van der Waals surface area contributed by atoms with E-state index in [0.717, 1.165) is 41.0 Å². The number of quaternary nitrogens is 1. The molecular formula is C30H37Cl2N2O4+. The van der Waals surface area contributed by atoms with Gasteiger partial charge in [-0.25, -0.2) is 0 Å². The van der Waals surface area contributed by atoms with Gasteiger partial charge in [-0.1, -0.05) is 41.4 Å². The molecule has 3 fully saturated rings. The Morgan fingerprint density at radius 2 is 1.89 bits per heavy atom. The quantitative estimate of drug-likeness (QED) is 0.282. The van der Waals surface area contributed by atoms with E-state index in [1.165, 1.54) is 19.8 Å². The fourth-order valence-corrected chi connectivity index (χ4v) is 7.29. The molecule has 1 amide bonds. The molecule has 2 aromatic rings. The highest BCUT2D eigenvalue weighted by molar-refractivity contribution is 6.42. The Morgan fingerprint density at radius 1 is 1.11 bits per heavy atom. The SMILES string of the molecule is CC(=O)Oc1cccc([C@@]23CC[N@+](C)(CC4CC4)CC2(O)CC[C@@H](NC(=O)Cc2ccc(Cl)c(Cl)c2)C3)c1. The first kappa shape index (κ1) is 27.4. The van der Waals surface area contributed by atoms with Crippen molar-refractivity contribution in [3.8, 4) is 5.75 Å². The largest absolute Gasteiger partial charge is 0.427 e. The van der Waals surface area contributed by atoms with E-state index in [2.05, 4.69) is 12.4 Å². The molecule has 0 bridgehead atoms. The number of piperidine rings is 1. The summed E-state index contributed by atoms with van der Waals surface area (Å²) in [6.07, 6.45) is 5.52. The van der Waals surface area contributed by atoms with Crippen LogP contribution in [-0.4, -0.2) is 59.8 Å². The lowest BCUT2D eigenvalue weighted by Crippen LogP contribution is -2.71. The highest BCUT2D eigenvalue weighted by Gasteiger charge is 2.62. The molecule has 2 aliphatic carbocycles. The van der Waals surface area contributed by atoms with Crippen LogP contribution in [0.15, 0.2) is 42.5 Å². The van der Waals surface area contributed by atoms with Crippen LogP contribution in [0.1, 0.15) is 56.6 Å². The lowest BCUT2D eigenvalue weighted by atomic mass is 9.55. The monoisotopic (exact) mass is 559 g/mol. The van der Waals surface area contributed by atoms with E-state index in [1.54, 1.807) is 18.2 Å². The molecule has 0 aromatic heterocycles. The summed E-state index contributed by atoms with van der Waals surface area (Å²) in [5, 5.41) is 16.6. The van der Waals surface area contributed by atoms with Crippen LogP contribution in [-0.2, 0) is 21.4 Å². The standard InChI is InChI=1S/C30H36Cl2N2O4/c1-20(35)38-25-5-3-4-23(16-25)29-12-13-34(2,18-21-6-7-21)19-30(29,37)11-10-24(17-29)33-28(36)15-22-8-9-26(31)27(32)14-22/h3-5,8-9,14,16,21,24,37H,6-7,10-13,15,17-19H2,1-2H3/p+1/t24-,29+,30?,34-/m1/s1. The van der Waals surface area contributed by atoms with E-state index in [9.17, 15) is 14.7 Å². The van der Waals surface area contributed by atoms with Crippen molar-refractivity contribution >= 4 is 35.1 Å². The third kappa shape index (κ3) is 5.74. The van der Waals surface area contributed by atoms with E-state index < -0.39 is 11.0 Å². The molecule has 2 aromatic carbocycles. The summed E-state index contributed by atoms with van der Waals surface area (Å²) < 4.78 is 6.29. The molecule has 2 N–H and O–H groups in total. The first-order chi connectivity index (χ1) is 18.0. The summed E-state index contributed by atoms with van der Waals surface area (Å²) in [6.45, 7) is 4.14. The maximum Gasteiger partial charge on any atom is 0.308 e.